The Labute approximate surface area is 135 Å². The number of rotatable bonds is 4. The van der Waals surface area contributed by atoms with E-state index in [0.29, 0.717) is 0 Å². The van der Waals surface area contributed by atoms with Crippen LogP contribution in [0, 0.1) is 0 Å². The van der Waals surface area contributed by atoms with E-state index in [1.54, 1.807) is 0 Å². The lowest BCUT2D eigenvalue weighted by atomic mass is 10.0. The van der Waals surface area contributed by atoms with Gasteiger partial charge in [-0.25, -0.2) is 4.57 Å². The Morgan fingerprint density at radius 2 is 1.48 bits per heavy atom. The number of pyridine rings is 1. The summed E-state index contributed by atoms with van der Waals surface area (Å²) in [7, 11) is 1.95. The van der Waals surface area contributed by atoms with Crippen LogP contribution in [0.5, 0.6) is 0 Å². The van der Waals surface area contributed by atoms with Crippen LogP contribution >= 0.6 is 0 Å². The number of nitrogens with two attached hydrogens (primary N) is 1. The number of aryl methyl sites for hydroxylation is 1. The second kappa shape index (κ2) is 6.83. The highest BCUT2D eigenvalue weighted by Crippen LogP contribution is 2.18. The number of nitrogens with zero attached hydrogens (tertiary/aromatic N) is 3. The zero-order chi connectivity index (χ0) is 16.1. The lowest BCUT2D eigenvalue weighted by molar-refractivity contribution is -0.658. The van der Waals surface area contributed by atoms with Gasteiger partial charge in [0.1, 0.15) is 5.69 Å². The smallest absolute Gasteiger partial charge is 0.350 e. The third kappa shape index (κ3) is 4.01. The molecule has 0 amide bonds. The summed E-state index contributed by atoms with van der Waals surface area (Å²) < 4.78 is 1.93. The molecule has 2 aromatic carbocycles. The number of hydrogen-bond donors (Lipinski definition) is 1. The highest BCUT2D eigenvalue weighted by Gasteiger charge is 2.04. The Morgan fingerprint density at radius 3 is 2.13 bits per heavy atom. The summed E-state index contributed by atoms with van der Waals surface area (Å²) in [6.45, 7) is 0. The van der Waals surface area contributed by atoms with Crippen molar-refractivity contribution in [1.82, 2.24) is 0 Å². The Bertz CT molecular complexity index is 806. The van der Waals surface area contributed by atoms with Gasteiger partial charge in [0, 0.05) is 11.8 Å². The van der Waals surface area contributed by atoms with Crippen LogP contribution in [0.4, 0.5) is 17.2 Å². The van der Waals surface area contributed by atoms with Crippen LogP contribution in [0.2, 0.25) is 0 Å². The van der Waals surface area contributed by atoms with Crippen LogP contribution in [-0.4, -0.2) is 0 Å². The maximum Gasteiger partial charge on any atom is 0.350 e. The molecule has 0 atom stereocenters. The van der Waals surface area contributed by atoms with Gasteiger partial charge in [-0.2, -0.15) is 0 Å². The molecular weight excluding hydrogens is 284 g/mol. The second-order valence-electron chi connectivity index (χ2n) is 5.45. The van der Waals surface area contributed by atoms with Gasteiger partial charge in [-0.3, -0.25) is 0 Å². The zero-order valence-electron chi connectivity index (χ0n) is 13.1. The van der Waals surface area contributed by atoms with Crippen LogP contribution < -0.4 is 10.3 Å². The SMILES string of the molecule is C[n+]1ccccc1N=Nc1ccc(Cc2ccc(N)cc2)cc1. The van der Waals surface area contributed by atoms with Gasteiger partial charge in [0.25, 0.3) is 0 Å². The molecule has 0 aliphatic rings. The highest BCUT2D eigenvalue weighted by molar-refractivity contribution is 5.43. The first-order valence-electron chi connectivity index (χ1n) is 7.50. The molecule has 0 spiro atoms. The van der Waals surface area contributed by atoms with E-state index in [1.807, 2.05) is 60.3 Å². The monoisotopic (exact) mass is 303 g/mol. The zero-order valence-corrected chi connectivity index (χ0v) is 13.1. The molecule has 0 fully saturated rings. The molecule has 114 valence electrons. The molecule has 3 aromatic rings. The fraction of sp³-hybridized carbons (Fsp3) is 0.105. The van der Waals surface area contributed by atoms with E-state index < -0.39 is 0 Å². The van der Waals surface area contributed by atoms with Crippen molar-refractivity contribution in [3.8, 4) is 0 Å². The minimum Gasteiger partial charge on any atom is -0.399 e. The van der Waals surface area contributed by atoms with Crippen molar-refractivity contribution >= 4 is 17.2 Å². The van der Waals surface area contributed by atoms with Gasteiger partial charge in [-0.05, 0) is 53.0 Å². The molecule has 0 saturated heterocycles. The van der Waals surface area contributed by atoms with Crippen molar-refractivity contribution in [1.29, 1.82) is 0 Å². The molecule has 4 heteroatoms. The quantitative estimate of drug-likeness (QED) is 0.440. The Balaban J connectivity index is 1.69. The Kier molecular flexibility index (Phi) is 4.43. The van der Waals surface area contributed by atoms with E-state index >= 15 is 0 Å². The van der Waals surface area contributed by atoms with Gasteiger partial charge in [-0.1, -0.05) is 30.3 Å². The van der Waals surface area contributed by atoms with Crippen LogP contribution in [0.25, 0.3) is 0 Å². The van der Waals surface area contributed by atoms with Crippen LogP contribution in [0.15, 0.2) is 83.2 Å². The summed E-state index contributed by atoms with van der Waals surface area (Å²) in [6, 6.07) is 21.9. The first-order valence-corrected chi connectivity index (χ1v) is 7.50. The minimum absolute atomic E-state index is 0.790. The van der Waals surface area contributed by atoms with E-state index in [1.165, 1.54) is 11.1 Å². The largest absolute Gasteiger partial charge is 0.399 e. The van der Waals surface area contributed by atoms with E-state index in [2.05, 4.69) is 34.5 Å². The highest BCUT2D eigenvalue weighted by atomic mass is 15.2. The first kappa shape index (κ1) is 14.9. The van der Waals surface area contributed by atoms with Gasteiger partial charge in [0.05, 0.1) is 18.4 Å². The Hall–Kier alpha value is -3.01. The van der Waals surface area contributed by atoms with Gasteiger partial charge < -0.3 is 5.73 Å². The molecule has 1 heterocycles. The molecule has 3 rings (SSSR count). The topological polar surface area (TPSA) is 54.6 Å². The summed E-state index contributed by atoms with van der Waals surface area (Å²) in [5.74, 6) is 0.818. The van der Waals surface area contributed by atoms with Gasteiger partial charge in [0.2, 0.25) is 0 Å². The van der Waals surface area contributed by atoms with Crippen molar-refractivity contribution in [3.63, 3.8) is 0 Å². The average Bonchev–Trinajstić information content (AvgIpc) is 2.58. The molecule has 0 radical (unpaired) electrons. The van der Waals surface area contributed by atoms with Crippen molar-refractivity contribution in [2.24, 2.45) is 17.3 Å². The van der Waals surface area contributed by atoms with Crippen molar-refractivity contribution in [3.05, 3.63) is 84.1 Å². The van der Waals surface area contributed by atoms with Crippen LogP contribution in [0.1, 0.15) is 11.1 Å². The Morgan fingerprint density at radius 1 is 0.826 bits per heavy atom. The summed E-state index contributed by atoms with van der Waals surface area (Å²) in [5.41, 5.74) is 9.82. The van der Waals surface area contributed by atoms with E-state index in [-0.39, 0.29) is 0 Å². The molecule has 0 unspecified atom stereocenters. The standard InChI is InChI=1S/C19H19N4/c1-23-13-3-2-4-19(23)22-21-18-11-7-16(8-12-18)14-15-5-9-17(20)10-6-15/h2-13H,14,20H2,1H3/q+1. The third-order valence-electron chi connectivity index (χ3n) is 3.62. The molecule has 1 aromatic heterocycles. The number of hydrogen-bond acceptors (Lipinski definition) is 3. The van der Waals surface area contributed by atoms with Crippen molar-refractivity contribution in [2.75, 3.05) is 5.73 Å². The maximum absolute atomic E-state index is 5.71. The number of anilines is 1. The summed E-state index contributed by atoms with van der Waals surface area (Å²) in [4.78, 5) is 0. The van der Waals surface area contributed by atoms with Crippen molar-refractivity contribution in [2.45, 2.75) is 6.42 Å². The number of azo groups is 1. The number of nitrogen functional groups attached to an aromatic ring is 1. The van der Waals surface area contributed by atoms with Gasteiger partial charge in [0.15, 0.2) is 0 Å². The van der Waals surface area contributed by atoms with Crippen molar-refractivity contribution < 1.29 is 4.57 Å². The normalized spacial score (nSPS) is 11.0. The molecule has 0 aliphatic carbocycles. The lowest BCUT2D eigenvalue weighted by Gasteiger charge is -2.02. The molecule has 4 nitrogen and oxygen atoms in total. The minimum atomic E-state index is 0.790. The summed E-state index contributed by atoms with van der Waals surface area (Å²) in [6.07, 6.45) is 2.83. The fourth-order valence-corrected chi connectivity index (χ4v) is 2.28. The molecular formula is C19H19N4+. The van der Waals surface area contributed by atoms with E-state index in [9.17, 15) is 0 Å². The maximum atomic E-state index is 5.71. The summed E-state index contributed by atoms with van der Waals surface area (Å²) >= 11 is 0. The molecule has 0 bridgehead atoms. The van der Waals surface area contributed by atoms with Crippen LogP contribution in [-0.2, 0) is 13.5 Å². The van der Waals surface area contributed by atoms with Gasteiger partial charge >= 0.3 is 5.82 Å². The first-order chi connectivity index (χ1) is 11.2. The molecule has 0 aliphatic heterocycles. The third-order valence-corrected chi connectivity index (χ3v) is 3.62. The number of benzene rings is 2. The second-order valence-corrected chi connectivity index (χ2v) is 5.45. The predicted octanol–water partition coefficient (Wildman–Crippen LogP) is 4.10. The predicted molar refractivity (Wildman–Crippen MR) is 91.9 cm³/mol. The van der Waals surface area contributed by atoms with Gasteiger partial charge in [-0.15, -0.1) is 0 Å². The lowest BCUT2D eigenvalue weighted by Crippen LogP contribution is -2.26. The van der Waals surface area contributed by atoms with E-state index in [0.717, 1.165) is 23.6 Å². The van der Waals surface area contributed by atoms with E-state index in [4.69, 9.17) is 5.73 Å². The molecule has 23 heavy (non-hydrogen) atoms. The van der Waals surface area contributed by atoms with Crippen LogP contribution in [0.3, 0.4) is 0 Å². The molecule has 2 N–H and O–H groups in total. The summed E-state index contributed by atoms with van der Waals surface area (Å²) in [5, 5.41) is 8.56. The molecule has 0 saturated carbocycles. The number of aromatic nitrogens is 1. The fourth-order valence-electron chi connectivity index (χ4n) is 2.28. The average molecular weight is 303 g/mol.